The second kappa shape index (κ2) is 5.39. The van der Waals surface area contributed by atoms with E-state index in [9.17, 15) is 4.79 Å². The second-order valence-corrected chi connectivity index (χ2v) is 5.76. The molecule has 23 heavy (non-hydrogen) atoms. The molecule has 4 rings (SSSR count). The van der Waals surface area contributed by atoms with Gasteiger partial charge in [0.15, 0.2) is 0 Å². The minimum Gasteiger partial charge on any atom is -0.347 e. The Kier molecular flexibility index (Phi) is 3.22. The number of imidazole rings is 1. The number of amides is 1. The third-order valence-corrected chi connectivity index (χ3v) is 4.25. The third kappa shape index (κ3) is 2.42. The number of hydrogen-bond donors (Lipinski definition) is 1. The van der Waals surface area contributed by atoms with Crippen molar-refractivity contribution in [3.8, 4) is 5.69 Å². The summed E-state index contributed by atoms with van der Waals surface area (Å²) in [5.74, 6) is 0.00471. The number of nitrogens with one attached hydrogen (secondary N) is 1. The summed E-state index contributed by atoms with van der Waals surface area (Å²) in [5.41, 5.74) is 4.80. The van der Waals surface area contributed by atoms with E-state index in [1.54, 1.807) is 23.4 Å². The summed E-state index contributed by atoms with van der Waals surface area (Å²) in [6, 6.07) is 7.98. The van der Waals surface area contributed by atoms with Gasteiger partial charge in [0.25, 0.3) is 5.91 Å². The van der Waals surface area contributed by atoms with Crippen LogP contribution in [0.2, 0.25) is 0 Å². The van der Waals surface area contributed by atoms with Crippen LogP contribution in [0.15, 0.2) is 43.0 Å². The van der Waals surface area contributed by atoms with Crippen molar-refractivity contribution in [1.29, 1.82) is 0 Å². The fraction of sp³-hybridized carbons (Fsp3) is 0.235. The van der Waals surface area contributed by atoms with Crippen molar-refractivity contribution in [3.63, 3.8) is 0 Å². The SMILES string of the molecule is Cc1ccccc1-n1cc(C(=O)N2CCc3nc[nH]c3C2)cn1. The molecule has 6 heteroatoms. The summed E-state index contributed by atoms with van der Waals surface area (Å²) in [5, 5.41) is 4.35. The number of aromatic amines is 1. The quantitative estimate of drug-likeness (QED) is 0.788. The van der Waals surface area contributed by atoms with Gasteiger partial charge in [0.2, 0.25) is 0 Å². The lowest BCUT2D eigenvalue weighted by molar-refractivity contribution is 0.0732. The molecule has 3 aromatic rings. The van der Waals surface area contributed by atoms with E-state index in [4.69, 9.17) is 0 Å². The summed E-state index contributed by atoms with van der Waals surface area (Å²) in [6.07, 6.45) is 5.91. The Hall–Kier alpha value is -2.89. The molecule has 6 nitrogen and oxygen atoms in total. The van der Waals surface area contributed by atoms with Gasteiger partial charge in [-0.25, -0.2) is 9.67 Å². The predicted octanol–water partition coefficient (Wildman–Crippen LogP) is 2.10. The zero-order valence-electron chi connectivity index (χ0n) is 12.9. The Bertz CT molecular complexity index is 863. The van der Waals surface area contributed by atoms with Crippen molar-refractivity contribution >= 4 is 5.91 Å². The van der Waals surface area contributed by atoms with Crippen LogP contribution in [-0.2, 0) is 13.0 Å². The molecule has 0 saturated heterocycles. The zero-order chi connectivity index (χ0) is 15.8. The van der Waals surface area contributed by atoms with Crippen LogP contribution in [0.1, 0.15) is 27.3 Å². The molecule has 0 unspecified atom stereocenters. The van der Waals surface area contributed by atoms with Crippen LogP contribution < -0.4 is 0 Å². The fourth-order valence-corrected chi connectivity index (χ4v) is 2.95. The first-order valence-electron chi connectivity index (χ1n) is 7.63. The standard InChI is InChI=1S/C17H17N5O/c1-12-4-2-3-5-16(12)22-9-13(8-20-22)17(23)21-7-6-14-15(10-21)19-11-18-14/h2-5,8-9,11H,6-7,10H2,1H3,(H,18,19). The van der Waals surface area contributed by atoms with Crippen LogP contribution in [0.5, 0.6) is 0 Å². The van der Waals surface area contributed by atoms with E-state index in [1.165, 1.54) is 0 Å². The van der Waals surface area contributed by atoms with Gasteiger partial charge in [-0.3, -0.25) is 4.79 Å². The monoisotopic (exact) mass is 307 g/mol. The molecular formula is C17H17N5O. The van der Waals surface area contributed by atoms with Crippen molar-refractivity contribution in [2.75, 3.05) is 6.54 Å². The van der Waals surface area contributed by atoms with Crippen LogP contribution in [0.25, 0.3) is 5.69 Å². The van der Waals surface area contributed by atoms with Crippen LogP contribution >= 0.6 is 0 Å². The number of aromatic nitrogens is 4. The minimum atomic E-state index is 0.00471. The lowest BCUT2D eigenvalue weighted by Gasteiger charge is -2.25. The highest BCUT2D eigenvalue weighted by Crippen LogP contribution is 2.18. The van der Waals surface area contributed by atoms with Gasteiger partial charge in [-0.05, 0) is 18.6 Å². The third-order valence-electron chi connectivity index (χ3n) is 4.25. The van der Waals surface area contributed by atoms with E-state index >= 15 is 0 Å². The molecule has 0 fully saturated rings. The molecule has 0 bridgehead atoms. The summed E-state index contributed by atoms with van der Waals surface area (Å²) in [6.45, 7) is 3.29. The molecule has 0 radical (unpaired) electrons. The van der Waals surface area contributed by atoms with Gasteiger partial charge in [0.1, 0.15) is 0 Å². The molecule has 1 N–H and O–H groups in total. The summed E-state index contributed by atoms with van der Waals surface area (Å²) in [7, 11) is 0. The van der Waals surface area contributed by atoms with Crippen molar-refractivity contribution in [3.05, 3.63) is 65.5 Å². The smallest absolute Gasteiger partial charge is 0.257 e. The van der Waals surface area contributed by atoms with Crippen molar-refractivity contribution in [2.24, 2.45) is 0 Å². The van der Waals surface area contributed by atoms with E-state index < -0.39 is 0 Å². The number of para-hydroxylation sites is 1. The number of benzene rings is 1. The number of fused-ring (bicyclic) bond motifs is 1. The maximum absolute atomic E-state index is 12.7. The summed E-state index contributed by atoms with van der Waals surface area (Å²) >= 11 is 0. The first-order chi connectivity index (χ1) is 11.2. The summed E-state index contributed by atoms with van der Waals surface area (Å²) in [4.78, 5) is 21.9. The zero-order valence-corrected chi connectivity index (χ0v) is 12.9. The van der Waals surface area contributed by atoms with Gasteiger partial charge >= 0.3 is 0 Å². The summed E-state index contributed by atoms with van der Waals surface area (Å²) < 4.78 is 1.76. The molecule has 0 atom stereocenters. The molecule has 0 aliphatic carbocycles. The van der Waals surface area contributed by atoms with E-state index in [2.05, 4.69) is 15.1 Å². The van der Waals surface area contributed by atoms with E-state index in [0.717, 1.165) is 29.1 Å². The van der Waals surface area contributed by atoms with Gasteiger partial charge in [-0.1, -0.05) is 18.2 Å². The van der Waals surface area contributed by atoms with Crippen LogP contribution in [0.4, 0.5) is 0 Å². The number of carbonyl (C=O) groups excluding carboxylic acids is 1. The number of carbonyl (C=O) groups is 1. The maximum Gasteiger partial charge on any atom is 0.257 e. The highest BCUT2D eigenvalue weighted by atomic mass is 16.2. The lowest BCUT2D eigenvalue weighted by atomic mass is 10.1. The molecule has 1 aliphatic rings. The minimum absolute atomic E-state index is 0.00471. The maximum atomic E-state index is 12.7. The topological polar surface area (TPSA) is 66.8 Å². The first-order valence-corrected chi connectivity index (χ1v) is 7.63. The number of H-pyrrole nitrogens is 1. The second-order valence-electron chi connectivity index (χ2n) is 5.76. The molecule has 1 aromatic carbocycles. The predicted molar refractivity (Wildman–Crippen MR) is 85.3 cm³/mol. The Labute approximate surface area is 133 Å². The van der Waals surface area contributed by atoms with Gasteiger partial charge < -0.3 is 9.88 Å². The normalized spacial score (nSPS) is 13.9. The number of nitrogens with zero attached hydrogens (tertiary/aromatic N) is 4. The number of aryl methyl sites for hydroxylation is 1. The lowest BCUT2D eigenvalue weighted by Crippen LogP contribution is -2.35. The van der Waals surface area contributed by atoms with Crippen LogP contribution in [0, 0.1) is 6.92 Å². The Balaban J connectivity index is 1.58. The molecule has 0 saturated carbocycles. The van der Waals surface area contributed by atoms with Crippen LogP contribution in [-0.4, -0.2) is 37.1 Å². The van der Waals surface area contributed by atoms with Crippen molar-refractivity contribution in [2.45, 2.75) is 19.9 Å². The average molecular weight is 307 g/mol. The molecule has 1 aliphatic heterocycles. The van der Waals surface area contributed by atoms with E-state index in [0.29, 0.717) is 18.7 Å². The molecular weight excluding hydrogens is 290 g/mol. The van der Waals surface area contributed by atoms with Crippen molar-refractivity contribution < 1.29 is 4.79 Å². The van der Waals surface area contributed by atoms with Gasteiger partial charge in [-0.2, -0.15) is 5.10 Å². The molecule has 116 valence electrons. The Morgan fingerprint density at radius 2 is 2.17 bits per heavy atom. The van der Waals surface area contributed by atoms with E-state index in [-0.39, 0.29) is 5.91 Å². The first kappa shape index (κ1) is 13.8. The largest absolute Gasteiger partial charge is 0.347 e. The van der Waals surface area contributed by atoms with Crippen LogP contribution in [0.3, 0.4) is 0 Å². The van der Waals surface area contributed by atoms with Gasteiger partial charge in [-0.15, -0.1) is 0 Å². The number of hydrogen-bond acceptors (Lipinski definition) is 3. The van der Waals surface area contributed by atoms with Gasteiger partial charge in [0, 0.05) is 19.2 Å². The molecule has 2 aromatic heterocycles. The average Bonchev–Trinajstić information content (AvgIpc) is 3.23. The Morgan fingerprint density at radius 3 is 3.04 bits per heavy atom. The molecule has 1 amide bonds. The Morgan fingerprint density at radius 1 is 1.30 bits per heavy atom. The van der Waals surface area contributed by atoms with Gasteiger partial charge in [0.05, 0.1) is 41.7 Å². The highest BCUT2D eigenvalue weighted by molar-refractivity contribution is 5.94. The molecule has 3 heterocycles. The van der Waals surface area contributed by atoms with E-state index in [1.807, 2.05) is 36.1 Å². The fourth-order valence-electron chi connectivity index (χ4n) is 2.95. The number of rotatable bonds is 2. The molecule has 0 spiro atoms. The highest BCUT2D eigenvalue weighted by Gasteiger charge is 2.24. The van der Waals surface area contributed by atoms with Crippen molar-refractivity contribution in [1.82, 2.24) is 24.6 Å².